The highest BCUT2D eigenvalue weighted by Gasteiger charge is 2.20. The van der Waals surface area contributed by atoms with Gasteiger partial charge in [0.05, 0.1) is 5.69 Å². The van der Waals surface area contributed by atoms with Crippen LogP contribution in [0.2, 0.25) is 0 Å². The van der Waals surface area contributed by atoms with Crippen LogP contribution in [0.3, 0.4) is 0 Å². The number of rotatable bonds is 3. The lowest BCUT2D eigenvalue weighted by Gasteiger charge is -2.07. The van der Waals surface area contributed by atoms with E-state index in [0.29, 0.717) is 16.9 Å². The van der Waals surface area contributed by atoms with Gasteiger partial charge >= 0.3 is 4.87 Å². The lowest BCUT2D eigenvalue weighted by Crippen LogP contribution is -2.13. The topological polar surface area (TPSA) is 79.0 Å². The van der Waals surface area contributed by atoms with Gasteiger partial charge in [-0.3, -0.25) is 9.52 Å². The number of halogens is 1. The summed E-state index contributed by atoms with van der Waals surface area (Å²) < 4.78 is 39.5. The quantitative estimate of drug-likeness (QED) is 0.910. The van der Waals surface area contributed by atoms with E-state index >= 15 is 0 Å². The average Bonchev–Trinajstić information content (AvgIpc) is 2.56. The Morgan fingerprint density at radius 1 is 1.26 bits per heavy atom. The number of thiazole rings is 1. The monoisotopic (exact) mass is 302 g/mol. The van der Waals surface area contributed by atoms with E-state index in [4.69, 9.17) is 0 Å². The average molecular weight is 302 g/mol. The summed E-state index contributed by atoms with van der Waals surface area (Å²) in [4.78, 5) is 13.1. The summed E-state index contributed by atoms with van der Waals surface area (Å²) in [6, 6.07) is 3.87. The van der Waals surface area contributed by atoms with Crippen molar-refractivity contribution < 1.29 is 12.8 Å². The highest BCUT2D eigenvalue weighted by atomic mass is 32.2. The molecule has 2 rings (SSSR count). The maximum absolute atomic E-state index is 13.2. The fourth-order valence-electron chi connectivity index (χ4n) is 1.64. The Hall–Kier alpha value is -1.67. The first-order valence-corrected chi connectivity index (χ1v) is 7.57. The number of hydrogen-bond acceptors (Lipinski definition) is 4. The van der Waals surface area contributed by atoms with Crippen molar-refractivity contribution in [2.75, 3.05) is 4.72 Å². The van der Waals surface area contributed by atoms with E-state index in [2.05, 4.69) is 9.71 Å². The Bertz CT molecular complexity index is 757. The van der Waals surface area contributed by atoms with Gasteiger partial charge in [-0.15, -0.1) is 0 Å². The molecule has 0 amide bonds. The zero-order valence-electron chi connectivity index (χ0n) is 10.2. The van der Waals surface area contributed by atoms with Gasteiger partial charge in [0.15, 0.2) is 4.21 Å². The molecule has 0 spiro atoms. The van der Waals surface area contributed by atoms with Gasteiger partial charge in [0, 0.05) is 5.69 Å². The second kappa shape index (κ2) is 4.78. The van der Waals surface area contributed by atoms with E-state index in [1.807, 2.05) is 0 Å². The molecule has 19 heavy (non-hydrogen) atoms. The molecule has 0 aliphatic carbocycles. The van der Waals surface area contributed by atoms with Crippen LogP contribution in [0.15, 0.2) is 27.2 Å². The van der Waals surface area contributed by atoms with Crippen molar-refractivity contribution in [2.24, 2.45) is 0 Å². The van der Waals surface area contributed by atoms with Gasteiger partial charge in [-0.05, 0) is 37.6 Å². The molecule has 0 aliphatic heterocycles. The molecule has 0 atom stereocenters. The molecule has 5 nitrogen and oxygen atoms in total. The largest absolute Gasteiger partial charge is 0.315 e. The van der Waals surface area contributed by atoms with Crippen LogP contribution in [0, 0.1) is 19.7 Å². The van der Waals surface area contributed by atoms with E-state index in [9.17, 15) is 17.6 Å². The Morgan fingerprint density at radius 3 is 2.47 bits per heavy atom. The number of benzene rings is 1. The van der Waals surface area contributed by atoms with Crippen molar-refractivity contribution in [3.8, 4) is 0 Å². The first-order chi connectivity index (χ1) is 8.78. The van der Waals surface area contributed by atoms with Crippen LogP contribution in [0.25, 0.3) is 0 Å². The Balaban J connectivity index is 2.42. The number of aromatic nitrogens is 1. The molecule has 1 aromatic heterocycles. The molecule has 0 unspecified atom stereocenters. The van der Waals surface area contributed by atoms with Crippen LogP contribution in [0.5, 0.6) is 0 Å². The molecule has 0 saturated carbocycles. The lowest BCUT2D eigenvalue weighted by atomic mass is 10.2. The van der Waals surface area contributed by atoms with E-state index in [-0.39, 0.29) is 15.6 Å². The Labute approximate surface area is 113 Å². The third-order valence-electron chi connectivity index (χ3n) is 2.32. The summed E-state index contributed by atoms with van der Waals surface area (Å²) in [5.74, 6) is -0.531. The van der Waals surface area contributed by atoms with E-state index in [1.54, 1.807) is 6.92 Å². The van der Waals surface area contributed by atoms with Crippen molar-refractivity contribution in [1.82, 2.24) is 4.98 Å². The van der Waals surface area contributed by atoms with Gasteiger partial charge in [0.1, 0.15) is 5.82 Å². The summed E-state index contributed by atoms with van der Waals surface area (Å²) in [7, 11) is -3.89. The molecular weight excluding hydrogens is 291 g/mol. The fourth-order valence-corrected chi connectivity index (χ4v) is 3.99. The fraction of sp³-hybridized carbons (Fsp3) is 0.182. The number of sulfonamides is 1. The van der Waals surface area contributed by atoms with Crippen LogP contribution in [-0.2, 0) is 10.0 Å². The second-order valence-corrected chi connectivity index (χ2v) is 6.91. The number of aryl methyl sites for hydroxylation is 2. The third kappa shape index (κ3) is 3.02. The Morgan fingerprint density at radius 2 is 1.95 bits per heavy atom. The van der Waals surface area contributed by atoms with Crippen molar-refractivity contribution in [2.45, 2.75) is 18.1 Å². The highest BCUT2D eigenvalue weighted by Crippen LogP contribution is 2.21. The summed E-state index contributed by atoms with van der Waals surface area (Å²) in [6.45, 7) is 3.14. The van der Waals surface area contributed by atoms with Crippen LogP contribution < -0.4 is 9.60 Å². The second-order valence-electron chi connectivity index (χ2n) is 4.05. The molecule has 0 saturated heterocycles. The minimum Gasteiger partial charge on any atom is -0.315 e. The number of nitrogens with one attached hydrogen (secondary N) is 2. The minimum atomic E-state index is -3.89. The van der Waals surface area contributed by atoms with Crippen LogP contribution in [-0.4, -0.2) is 13.4 Å². The van der Waals surface area contributed by atoms with Crippen LogP contribution in [0.4, 0.5) is 10.1 Å². The normalized spacial score (nSPS) is 11.5. The summed E-state index contributed by atoms with van der Waals surface area (Å²) in [5, 5.41) is 0. The van der Waals surface area contributed by atoms with Gasteiger partial charge in [-0.2, -0.15) is 0 Å². The van der Waals surface area contributed by atoms with Gasteiger partial charge in [-0.1, -0.05) is 11.3 Å². The van der Waals surface area contributed by atoms with E-state index in [0.717, 1.165) is 6.07 Å². The number of H-pyrrole nitrogens is 1. The highest BCUT2D eigenvalue weighted by molar-refractivity contribution is 7.94. The first kappa shape index (κ1) is 13.8. The van der Waals surface area contributed by atoms with Crippen molar-refractivity contribution in [3.63, 3.8) is 0 Å². The Kier molecular flexibility index (Phi) is 3.46. The summed E-state index contributed by atoms with van der Waals surface area (Å²) >= 11 is 0.594. The first-order valence-electron chi connectivity index (χ1n) is 5.27. The molecule has 0 bridgehead atoms. The molecule has 2 aromatic rings. The molecule has 1 heterocycles. The standard InChI is InChI=1S/C11H11FN2O3S2/c1-6-3-8(12)5-9(4-6)14-19(16,17)10-7(2)13-11(15)18-10/h3-5,14H,1-2H3,(H,13,15). The summed E-state index contributed by atoms with van der Waals surface area (Å²) in [6.07, 6.45) is 0. The molecule has 0 aliphatic rings. The zero-order valence-corrected chi connectivity index (χ0v) is 11.8. The van der Waals surface area contributed by atoms with Gasteiger partial charge < -0.3 is 4.98 Å². The molecule has 2 N–H and O–H groups in total. The number of anilines is 1. The summed E-state index contributed by atoms with van der Waals surface area (Å²) in [5.41, 5.74) is 0.977. The predicted molar refractivity (Wildman–Crippen MR) is 71.6 cm³/mol. The molecule has 0 fully saturated rings. The lowest BCUT2D eigenvalue weighted by molar-refractivity contribution is 0.602. The van der Waals surface area contributed by atoms with Crippen LogP contribution >= 0.6 is 11.3 Å². The van der Waals surface area contributed by atoms with Gasteiger partial charge in [0.2, 0.25) is 0 Å². The molecule has 0 radical (unpaired) electrons. The molecule has 8 heteroatoms. The van der Waals surface area contributed by atoms with Crippen molar-refractivity contribution >= 4 is 27.0 Å². The van der Waals surface area contributed by atoms with Crippen LogP contribution in [0.1, 0.15) is 11.3 Å². The van der Waals surface area contributed by atoms with Crippen molar-refractivity contribution in [1.29, 1.82) is 0 Å². The van der Waals surface area contributed by atoms with Gasteiger partial charge in [-0.25, -0.2) is 12.8 Å². The predicted octanol–water partition coefficient (Wildman–Crippen LogP) is 1.99. The maximum atomic E-state index is 13.2. The SMILES string of the molecule is Cc1cc(F)cc(NS(=O)(=O)c2sc(=O)[nH]c2C)c1. The van der Waals surface area contributed by atoms with E-state index < -0.39 is 20.7 Å². The molecule has 102 valence electrons. The molecular formula is C11H11FN2O3S2. The smallest absolute Gasteiger partial charge is 0.306 e. The maximum Gasteiger partial charge on any atom is 0.306 e. The minimum absolute atomic E-state index is 0.0978. The van der Waals surface area contributed by atoms with Crippen molar-refractivity contribution in [3.05, 3.63) is 44.9 Å². The van der Waals surface area contributed by atoms with E-state index in [1.165, 1.54) is 19.1 Å². The van der Waals surface area contributed by atoms with Gasteiger partial charge in [0.25, 0.3) is 10.0 Å². The zero-order chi connectivity index (χ0) is 14.2. The molecule has 1 aromatic carbocycles. The number of hydrogen-bond donors (Lipinski definition) is 2. The number of aromatic amines is 1. The third-order valence-corrected chi connectivity index (χ3v) is 5.31.